The van der Waals surface area contributed by atoms with Crippen LogP contribution in [0.25, 0.3) is 10.4 Å². The lowest BCUT2D eigenvalue weighted by Crippen LogP contribution is -2.59. The van der Waals surface area contributed by atoms with E-state index in [0.29, 0.717) is 36.7 Å². The third-order valence-corrected chi connectivity index (χ3v) is 10.0. The van der Waals surface area contributed by atoms with Crippen molar-refractivity contribution in [2.24, 2.45) is 5.41 Å². The number of aldehydes is 1. The third-order valence-electron chi connectivity index (χ3n) is 9.03. The quantitative estimate of drug-likeness (QED) is 0.166. The number of nitrogens with zero attached hydrogens (tertiary/aromatic N) is 2. The van der Waals surface area contributed by atoms with Crippen LogP contribution < -0.4 is 20.1 Å². The molecule has 1 aliphatic carbocycles. The number of likely N-dealkylation sites (tertiary alicyclic amines) is 1. The van der Waals surface area contributed by atoms with Crippen LogP contribution in [-0.2, 0) is 25.7 Å². The Morgan fingerprint density at radius 2 is 1.84 bits per heavy atom. The molecule has 11 nitrogen and oxygen atoms in total. The molecule has 2 aliphatic rings. The van der Waals surface area contributed by atoms with Crippen LogP contribution in [-0.4, -0.2) is 84.6 Å². The molecule has 3 amide bonds. The molecule has 50 heavy (non-hydrogen) atoms. The van der Waals surface area contributed by atoms with E-state index in [-0.39, 0.29) is 44.4 Å². The molecule has 3 aromatic rings. The first-order valence-electron chi connectivity index (χ1n) is 16.8. The van der Waals surface area contributed by atoms with E-state index in [1.54, 1.807) is 50.5 Å². The van der Waals surface area contributed by atoms with Gasteiger partial charge in [-0.2, -0.15) is 0 Å². The van der Waals surface area contributed by atoms with Crippen molar-refractivity contribution in [1.82, 2.24) is 20.5 Å². The Bertz CT molecular complexity index is 1690. The number of amides is 3. The molecule has 268 valence electrons. The van der Waals surface area contributed by atoms with Gasteiger partial charge in [-0.15, -0.1) is 11.3 Å². The average molecular weight is 709 g/mol. The van der Waals surface area contributed by atoms with Crippen molar-refractivity contribution >= 4 is 35.3 Å². The minimum atomic E-state index is -1.94. The molecule has 13 heteroatoms. The topological polar surface area (TPSA) is 136 Å². The molecule has 3 atom stereocenters. The van der Waals surface area contributed by atoms with E-state index in [1.807, 2.05) is 25.1 Å². The zero-order valence-electron chi connectivity index (χ0n) is 29.1. The number of nitrogens with one attached hydrogen (secondary N) is 2. The number of carbonyl (C=O) groups is 4. The number of thiazole rings is 1. The van der Waals surface area contributed by atoms with Crippen LogP contribution in [0.1, 0.15) is 68.1 Å². The van der Waals surface area contributed by atoms with Crippen LogP contribution in [0.5, 0.6) is 11.5 Å². The summed E-state index contributed by atoms with van der Waals surface area (Å²) >= 11 is 1.53. The molecule has 2 heterocycles. The molecule has 0 bridgehead atoms. The smallest absolute Gasteiger partial charge is 0.258 e. The molecule has 2 N–H and O–H groups in total. The van der Waals surface area contributed by atoms with Crippen LogP contribution in [0.3, 0.4) is 0 Å². The Morgan fingerprint density at radius 3 is 2.46 bits per heavy atom. The second-order valence-electron chi connectivity index (χ2n) is 13.9. The predicted molar refractivity (Wildman–Crippen MR) is 187 cm³/mol. The first kappa shape index (κ1) is 36.9. The minimum absolute atomic E-state index is 0.131. The molecule has 1 aliphatic heterocycles. The largest absolute Gasteiger partial charge is 0.493 e. The standard InChI is InChI=1S/C37H45FN4O7S/c1-23-31(50-22-40-23)25-9-10-26(30(17-25)49-16-6-15-48-27-11-7-24(21-43)8-12-27)19-39-33(44)29-18-28(47-5)20-42(29)34(45)32(36(2,3)4)41-35(46)37(38)13-14-37/h7-12,17,21-22,28-29,32H,6,13-16,18-20H2,1-5H3,(H,39,44)(H,41,46)/t28-,29+,32-/m1/s1. The zero-order valence-corrected chi connectivity index (χ0v) is 29.9. The van der Waals surface area contributed by atoms with Crippen LogP contribution in [0, 0.1) is 12.3 Å². The van der Waals surface area contributed by atoms with E-state index in [1.165, 1.54) is 23.3 Å². The number of halogens is 1. The number of hydrogen-bond acceptors (Lipinski definition) is 9. The predicted octanol–water partition coefficient (Wildman–Crippen LogP) is 5.04. The number of benzene rings is 2. The van der Waals surface area contributed by atoms with E-state index < -0.39 is 35.0 Å². The average Bonchev–Trinajstić information content (AvgIpc) is 3.48. The lowest BCUT2D eigenvalue weighted by Gasteiger charge is -2.35. The number of aromatic nitrogens is 1. The van der Waals surface area contributed by atoms with Gasteiger partial charge in [0, 0.05) is 44.2 Å². The summed E-state index contributed by atoms with van der Waals surface area (Å²) in [6, 6.07) is 10.8. The number of aryl methyl sites for hydroxylation is 1. The van der Waals surface area contributed by atoms with E-state index in [0.717, 1.165) is 28.0 Å². The van der Waals surface area contributed by atoms with Gasteiger partial charge in [-0.25, -0.2) is 9.37 Å². The second kappa shape index (κ2) is 15.7. The van der Waals surface area contributed by atoms with Crippen molar-refractivity contribution in [3.8, 4) is 21.9 Å². The lowest BCUT2D eigenvalue weighted by molar-refractivity contribution is -0.145. The van der Waals surface area contributed by atoms with Crippen molar-refractivity contribution in [1.29, 1.82) is 0 Å². The number of rotatable bonds is 15. The van der Waals surface area contributed by atoms with Crippen molar-refractivity contribution in [3.63, 3.8) is 0 Å². The molecule has 5 rings (SSSR count). The molecular weight excluding hydrogens is 663 g/mol. The fourth-order valence-corrected chi connectivity index (χ4v) is 6.60. The van der Waals surface area contributed by atoms with Crippen molar-refractivity contribution in [2.45, 2.75) is 83.8 Å². The molecule has 1 saturated heterocycles. The van der Waals surface area contributed by atoms with Gasteiger partial charge in [-0.3, -0.25) is 19.2 Å². The fraction of sp³-hybridized carbons (Fsp3) is 0.486. The molecule has 0 spiro atoms. The van der Waals surface area contributed by atoms with Crippen LogP contribution in [0.15, 0.2) is 48.0 Å². The van der Waals surface area contributed by atoms with Crippen LogP contribution in [0.2, 0.25) is 0 Å². The molecular formula is C37H45FN4O7S. The van der Waals surface area contributed by atoms with Gasteiger partial charge < -0.3 is 29.7 Å². The first-order valence-corrected chi connectivity index (χ1v) is 17.7. The van der Waals surface area contributed by atoms with E-state index >= 15 is 0 Å². The highest BCUT2D eigenvalue weighted by Crippen LogP contribution is 2.40. The molecule has 1 aromatic heterocycles. The summed E-state index contributed by atoms with van der Waals surface area (Å²) in [6.07, 6.45) is 1.52. The Morgan fingerprint density at radius 1 is 1.12 bits per heavy atom. The van der Waals surface area contributed by atoms with Gasteiger partial charge in [0.05, 0.1) is 35.4 Å². The van der Waals surface area contributed by atoms with Crippen molar-refractivity contribution in [2.75, 3.05) is 26.9 Å². The van der Waals surface area contributed by atoms with Crippen molar-refractivity contribution < 1.29 is 37.8 Å². The normalized spacial score (nSPS) is 18.6. The van der Waals surface area contributed by atoms with Crippen molar-refractivity contribution in [3.05, 3.63) is 64.8 Å². The number of alkyl halides is 1. The maximum absolute atomic E-state index is 14.6. The minimum Gasteiger partial charge on any atom is -0.493 e. The summed E-state index contributed by atoms with van der Waals surface area (Å²) in [5.74, 6) is -0.370. The molecule has 2 aromatic carbocycles. The van der Waals surface area contributed by atoms with Crippen LogP contribution >= 0.6 is 11.3 Å². The number of hydrogen-bond donors (Lipinski definition) is 2. The van der Waals surface area contributed by atoms with Gasteiger partial charge >= 0.3 is 0 Å². The summed E-state index contributed by atoms with van der Waals surface area (Å²) in [5.41, 5.74) is 2.27. The van der Waals surface area contributed by atoms with E-state index in [2.05, 4.69) is 15.6 Å². The molecule has 2 fully saturated rings. The number of methoxy groups -OCH3 is 1. The maximum Gasteiger partial charge on any atom is 0.258 e. The van der Waals surface area contributed by atoms with E-state index in [4.69, 9.17) is 14.2 Å². The highest BCUT2D eigenvalue weighted by molar-refractivity contribution is 7.13. The molecule has 0 unspecified atom stereocenters. The van der Waals surface area contributed by atoms with Crippen LogP contribution in [0.4, 0.5) is 4.39 Å². The van der Waals surface area contributed by atoms with Gasteiger partial charge in [0.15, 0.2) is 5.67 Å². The second-order valence-corrected chi connectivity index (χ2v) is 14.7. The SMILES string of the molecule is CO[C@@H]1C[C@@H](C(=O)NCc2ccc(-c3scnc3C)cc2OCCCOc2ccc(C=O)cc2)N(C(=O)[C@@H](NC(=O)C2(F)CC2)C(C)(C)C)C1. The van der Waals surface area contributed by atoms with Gasteiger partial charge in [-0.05, 0) is 61.1 Å². The summed E-state index contributed by atoms with van der Waals surface area (Å²) in [5, 5.41) is 5.62. The van der Waals surface area contributed by atoms with Gasteiger partial charge in [0.2, 0.25) is 11.8 Å². The monoisotopic (exact) mass is 708 g/mol. The molecule has 0 radical (unpaired) electrons. The Hall–Kier alpha value is -4.36. The summed E-state index contributed by atoms with van der Waals surface area (Å²) in [4.78, 5) is 58.1. The third kappa shape index (κ3) is 8.86. The van der Waals surface area contributed by atoms with E-state index in [9.17, 15) is 23.6 Å². The fourth-order valence-electron chi connectivity index (χ4n) is 5.80. The number of ether oxygens (including phenoxy) is 3. The Balaban J connectivity index is 1.27. The Labute approximate surface area is 295 Å². The van der Waals surface area contributed by atoms with Gasteiger partial charge in [-0.1, -0.05) is 32.9 Å². The van der Waals surface area contributed by atoms with Gasteiger partial charge in [0.25, 0.3) is 5.91 Å². The first-order chi connectivity index (χ1) is 23.8. The highest BCUT2D eigenvalue weighted by atomic mass is 32.1. The lowest BCUT2D eigenvalue weighted by atomic mass is 9.85. The molecule has 1 saturated carbocycles. The highest BCUT2D eigenvalue weighted by Gasteiger charge is 2.53. The maximum atomic E-state index is 14.6. The summed E-state index contributed by atoms with van der Waals surface area (Å²) in [7, 11) is 1.53. The Kier molecular flexibility index (Phi) is 11.6. The summed E-state index contributed by atoms with van der Waals surface area (Å²) < 4.78 is 32.2. The zero-order chi connectivity index (χ0) is 36.1. The summed E-state index contributed by atoms with van der Waals surface area (Å²) in [6.45, 7) is 8.37. The number of carbonyl (C=O) groups excluding carboxylic acids is 4. The van der Waals surface area contributed by atoms with Gasteiger partial charge in [0.1, 0.15) is 29.9 Å².